The van der Waals surface area contributed by atoms with Gasteiger partial charge in [0.1, 0.15) is 0 Å². The van der Waals surface area contributed by atoms with Crippen molar-refractivity contribution in [2.75, 3.05) is 24.5 Å². The lowest BCUT2D eigenvalue weighted by Gasteiger charge is -2.50. The van der Waals surface area contributed by atoms with Crippen molar-refractivity contribution in [2.45, 2.75) is 292 Å². The summed E-state index contributed by atoms with van der Waals surface area (Å²) in [6.07, 6.45) is 14.2. The molecule has 0 N–H and O–H groups in total. The Kier molecular flexibility index (Phi) is 21.3. The molecule has 5 heterocycles. The van der Waals surface area contributed by atoms with Gasteiger partial charge in [0.25, 0.3) is 13.4 Å². The summed E-state index contributed by atoms with van der Waals surface area (Å²) < 4.78 is 0. The van der Waals surface area contributed by atoms with Crippen LogP contribution in [0.2, 0.25) is 0 Å². The largest absolute Gasteiger partial charge is 0.334 e. The van der Waals surface area contributed by atoms with Gasteiger partial charge in [0.2, 0.25) is 0 Å². The lowest BCUT2D eigenvalue weighted by atomic mass is 9.33. The van der Waals surface area contributed by atoms with Gasteiger partial charge in [-0.05, 0) is 351 Å². The van der Waals surface area contributed by atoms with E-state index in [2.05, 4.69) is 489 Å². The van der Waals surface area contributed by atoms with E-state index in [1.54, 1.807) is 0 Å². The fraction of sp³-hybridized carbons (Fsp3) is 0.348. The fourth-order valence-corrected chi connectivity index (χ4v) is 26.4. The van der Waals surface area contributed by atoms with E-state index >= 15 is 0 Å². The maximum absolute atomic E-state index is 2.81. The minimum atomic E-state index is -0.180. The van der Waals surface area contributed by atoms with Crippen LogP contribution in [0.5, 0.6) is 0 Å². The molecule has 5 nitrogen and oxygen atoms in total. The van der Waals surface area contributed by atoms with Crippen molar-refractivity contribution in [1.29, 1.82) is 0 Å². The molecule has 0 bridgehead atoms. The Morgan fingerprint density at radius 1 is 0.273 bits per heavy atom. The zero-order chi connectivity index (χ0) is 97.5. The highest BCUT2D eigenvalue weighted by Crippen LogP contribution is 2.67. The van der Waals surface area contributed by atoms with Crippen LogP contribution in [0.3, 0.4) is 0 Å². The molecule has 702 valence electrons. The van der Waals surface area contributed by atoms with Crippen molar-refractivity contribution in [1.82, 2.24) is 0 Å². The molecule has 2 fully saturated rings. The van der Waals surface area contributed by atoms with Crippen LogP contribution in [0.25, 0.3) is 33.9 Å². The van der Waals surface area contributed by atoms with E-state index in [0.717, 1.165) is 25.7 Å². The van der Waals surface area contributed by atoms with E-state index in [0.29, 0.717) is 0 Å². The van der Waals surface area contributed by atoms with Crippen LogP contribution >= 0.6 is 0 Å². The van der Waals surface area contributed by atoms with Crippen LogP contribution in [-0.4, -0.2) is 19.0 Å². The summed E-state index contributed by atoms with van der Waals surface area (Å²) in [7, 11) is 0. The third-order valence-electron chi connectivity index (χ3n) is 35.5. The predicted molar refractivity (Wildman–Crippen MR) is 601 cm³/mol. The molecule has 0 saturated heterocycles. The van der Waals surface area contributed by atoms with Gasteiger partial charge >= 0.3 is 0 Å². The van der Waals surface area contributed by atoms with Gasteiger partial charge in [0.05, 0.1) is 5.54 Å². The molecule has 4 unspecified atom stereocenters. The Balaban J connectivity index is 0.589. The maximum atomic E-state index is 2.81. The number of fused-ring (bicyclic) bond motifs is 14. The topological polar surface area (TPSA) is 16.2 Å². The van der Waals surface area contributed by atoms with Gasteiger partial charge in [-0.2, -0.15) is 0 Å². The first-order valence-corrected chi connectivity index (χ1v) is 52.3. The molecule has 7 heteroatoms. The standard InChI is InChI=1S/C132H143B2N5/c1-84-71-116-120-118(73-84)137(100-39-33-37-94(79-100)123(6,7)8)113-81-96(125(12,13)14)52-61-108(113)133(120)107-60-41-86(75-104-103-59-44-89(87-35-27-26-28-36-87)77-105(103)130(23)66-30-29-65-129(104,130)22)76-112(107)135(116)99-56-50-93(51-57-99)128(20,21)70-69-127(18,19)92-46-42-88(43-47-92)90-45-64-111-106(78-90)131(24)67-31-32-68-132(131,25)139(111)102-58-63-110-115(83-102)136(98-54-48-91(49-55-98)122(3,4)5)117-72-85(2)74-119-121(117)134(110)109-62-53-97(126(15,16)17)82-114(109)138(119)101-40-34-38-95(80-101)124(9,10)11/h26-28,33-64,71-83H,29-32,65-70H2,1-25H3/b104-75+. The molecule has 0 spiro atoms. The normalized spacial score (nSPS) is 20.0. The minimum absolute atomic E-state index is 0.00142. The third kappa shape index (κ3) is 14.9. The Hall–Kier alpha value is -12.1. The van der Waals surface area contributed by atoms with Crippen LogP contribution in [0.15, 0.2) is 285 Å². The van der Waals surface area contributed by atoms with E-state index in [9.17, 15) is 0 Å². The average molecular weight is 1820 g/mol. The number of hydrogen-bond donors (Lipinski definition) is 0. The molecule has 4 atom stereocenters. The SMILES string of the molecule is Cc1cc2c3c(c1)N(c1cccc(C(C)(C)C)c1)c1cc(C(C)(C)C)ccc1B3c1ccc(/C=C3\c4ccc(-c5ccccc5)cc4C4(C)CCCCC34C)cc1N2c1ccc(C(C)(C)CCC(C)(C)c2ccc(-c3ccc4c(c3)C3(C)CCCCC3(C)N4c3ccc4c(c3)N(c3ccc(C(C)(C)C)cc3)c3cc(C)cc5c3B4c3ccc(C(C)(C)C)cc3N5c3cccc(C(C)(C)C)c3)cc2)cc1. The molecular weight excluding hydrogens is 1680 g/mol. The van der Waals surface area contributed by atoms with Crippen molar-refractivity contribution in [3.63, 3.8) is 0 Å². The molecule has 2 saturated carbocycles. The summed E-state index contributed by atoms with van der Waals surface area (Å²) in [6.45, 7) is 60.2. The van der Waals surface area contributed by atoms with Crippen molar-refractivity contribution in [2.24, 2.45) is 5.41 Å². The molecule has 14 aromatic carbocycles. The van der Waals surface area contributed by atoms with Crippen LogP contribution in [0, 0.1) is 19.3 Å². The van der Waals surface area contributed by atoms with Crippen LogP contribution in [0.1, 0.15) is 296 Å². The molecule has 14 aromatic rings. The summed E-state index contributed by atoms with van der Waals surface area (Å²) in [5.41, 5.74) is 49.0. The highest BCUT2D eigenvalue weighted by atomic mass is 15.3. The second-order valence-electron chi connectivity index (χ2n) is 50.5. The average Bonchev–Trinajstić information content (AvgIpc) is 1.67. The summed E-state index contributed by atoms with van der Waals surface area (Å²) in [6, 6.07) is 114. The summed E-state index contributed by atoms with van der Waals surface area (Å²) in [5.74, 6) is 0. The number of aryl methyl sites for hydroxylation is 2. The summed E-state index contributed by atoms with van der Waals surface area (Å²) in [5, 5.41) is 0. The third-order valence-corrected chi connectivity index (χ3v) is 35.5. The highest BCUT2D eigenvalue weighted by Gasteiger charge is 2.60. The Labute approximate surface area is 832 Å². The van der Waals surface area contributed by atoms with Crippen LogP contribution < -0.4 is 57.3 Å². The lowest BCUT2D eigenvalue weighted by Crippen LogP contribution is -2.61. The monoisotopic (exact) mass is 1820 g/mol. The first-order chi connectivity index (χ1) is 65.8. The Bertz CT molecular complexity index is 7330. The van der Waals surface area contributed by atoms with E-state index in [-0.39, 0.29) is 73.1 Å². The zero-order valence-corrected chi connectivity index (χ0v) is 87.7. The van der Waals surface area contributed by atoms with E-state index in [4.69, 9.17) is 0 Å². The predicted octanol–water partition coefficient (Wildman–Crippen LogP) is 32.5. The zero-order valence-electron chi connectivity index (χ0n) is 87.7. The van der Waals surface area contributed by atoms with Crippen LogP contribution in [-0.2, 0) is 48.7 Å². The molecule has 22 rings (SSSR count). The number of anilines is 14. The van der Waals surface area contributed by atoms with Crippen LogP contribution in [0.4, 0.5) is 79.6 Å². The van der Waals surface area contributed by atoms with Gasteiger partial charge in [-0.15, -0.1) is 0 Å². The van der Waals surface area contributed by atoms with E-state index in [1.165, 1.54) is 251 Å². The molecule has 0 radical (unpaired) electrons. The van der Waals surface area contributed by atoms with Gasteiger partial charge in [-0.3, -0.25) is 0 Å². The molecule has 0 amide bonds. The van der Waals surface area contributed by atoms with E-state index in [1.807, 2.05) is 0 Å². The number of rotatable bonds is 13. The number of allylic oxidation sites excluding steroid dienone is 1. The molecule has 0 aromatic heterocycles. The molecule has 3 aliphatic carbocycles. The maximum Gasteiger partial charge on any atom is 0.252 e. The van der Waals surface area contributed by atoms with Crippen molar-refractivity contribution in [3.05, 3.63) is 357 Å². The molecule has 5 aliphatic heterocycles. The van der Waals surface area contributed by atoms with Crippen molar-refractivity contribution in [3.8, 4) is 22.3 Å². The summed E-state index contributed by atoms with van der Waals surface area (Å²) >= 11 is 0. The van der Waals surface area contributed by atoms with Gasteiger partial charge < -0.3 is 24.5 Å². The van der Waals surface area contributed by atoms with Gasteiger partial charge in [0.15, 0.2) is 0 Å². The molecule has 139 heavy (non-hydrogen) atoms. The molecular formula is C132H143B2N5. The van der Waals surface area contributed by atoms with Gasteiger partial charge in [-0.1, -0.05) is 348 Å². The fourth-order valence-electron chi connectivity index (χ4n) is 26.4. The Morgan fingerprint density at radius 2 is 0.647 bits per heavy atom. The summed E-state index contributed by atoms with van der Waals surface area (Å²) in [4.78, 5) is 13.4. The quantitative estimate of drug-likeness (QED) is 0.107. The number of hydrogen-bond acceptors (Lipinski definition) is 5. The van der Waals surface area contributed by atoms with Gasteiger partial charge in [-0.25, -0.2) is 0 Å². The first kappa shape index (κ1) is 92.0. The minimum Gasteiger partial charge on any atom is -0.334 e. The number of nitrogens with zero attached hydrogens (tertiary/aromatic N) is 5. The smallest absolute Gasteiger partial charge is 0.252 e. The van der Waals surface area contributed by atoms with Crippen molar-refractivity contribution >= 4 is 137 Å². The van der Waals surface area contributed by atoms with Crippen molar-refractivity contribution < 1.29 is 0 Å². The highest BCUT2D eigenvalue weighted by molar-refractivity contribution is 7.01. The second kappa shape index (κ2) is 32.2. The first-order valence-electron chi connectivity index (χ1n) is 52.3. The van der Waals surface area contributed by atoms with Gasteiger partial charge in [0, 0.05) is 95.9 Å². The lowest BCUT2D eigenvalue weighted by molar-refractivity contribution is 0.165. The number of benzene rings is 14. The van der Waals surface area contributed by atoms with E-state index < -0.39 is 0 Å². The second-order valence-corrected chi connectivity index (χ2v) is 50.5. The molecule has 8 aliphatic rings. The Morgan fingerprint density at radius 3 is 1.14 bits per heavy atom.